The van der Waals surface area contributed by atoms with Gasteiger partial charge in [-0.25, -0.2) is 19.4 Å². The van der Waals surface area contributed by atoms with E-state index in [4.69, 9.17) is 19.0 Å². The molecule has 0 aliphatic carbocycles. The van der Waals surface area contributed by atoms with Crippen LogP contribution in [-0.2, 0) is 25.5 Å². The van der Waals surface area contributed by atoms with Gasteiger partial charge in [0.25, 0.3) is 11.8 Å². The molecule has 0 N–H and O–H groups in total. The van der Waals surface area contributed by atoms with Crippen LogP contribution in [0, 0.1) is 5.92 Å². The van der Waals surface area contributed by atoms with Gasteiger partial charge in [0.05, 0.1) is 23.0 Å². The number of fused-ring (bicyclic) bond motifs is 2. The number of hydrogen-bond donors (Lipinski definition) is 0. The van der Waals surface area contributed by atoms with E-state index >= 15 is 0 Å². The fraction of sp³-hybridized carbons (Fsp3) is 0.452. The molecule has 5 rings (SSSR count). The first-order valence-corrected chi connectivity index (χ1v) is 14.1. The summed E-state index contributed by atoms with van der Waals surface area (Å²) in [7, 11) is 0. The van der Waals surface area contributed by atoms with Crippen LogP contribution in [0.5, 0.6) is 5.75 Å². The molecule has 3 amide bonds. The van der Waals surface area contributed by atoms with E-state index in [1.54, 1.807) is 56.1 Å². The fourth-order valence-corrected chi connectivity index (χ4v) is 4.75. The van der Waals surface area contributed by atoms with Crippen LogP contribution in [0.3, 0.4) is 0 Å². The number of hydrogen-bond acceptors (Lipinski definition) is 9. The highest BCUT2D eigenvalue weighted by atomic mass is 16.7. The predicted molar refractivity (Wildman–Crippen MR) is 153 cm³/mol. The quantitative estimate of drug-likeness (QED) is 0.281. The van der Waals surface area contributed by atoms with Gasteiger partial charge in [-0.3, -0.25) is 9.59 Å². The van der Waals surface area contributed by atoms with E-state index in [-0.39, 0.29) is 29.7 Å². The first kappa shape index (κ1) is 30.0. The van der Waals surface area contributed by atoms with Gasteiger partial charge in [-0.15, -0.1) is 5.06 Å². The Balaban J connectivity index is 1.23. The number of likely N-dealkylation sites (tertiary alicyclic amines) is 1. The van der Waals surface area contributed by atoms with Crippen molar-refractivity contribution in [1.82, 2.24) is 19.3 Å². The standard InChI is InChI=1S/C31H36N4O8/c1-30(2,3)41-28(38)24(43-35-26(36)22-9-7-8-10-23(22)27(35)37)18-40-21-11-12-25-32-20(16-33(25)17-21)13-19-14-34(15-19)29(39)42-31(4,5)6/h7-12,16-17,19,24H,13-15,18H2,1-6H3. The summed E-state index contributed by atoms with van der Waals surface area (Å²) in [4.78, 5) is 62.9. The van der Waals surface area contributed by atoms with Crippen LogP contribution in [0.1, 0.15) is 68.0 Å². The van der Waals surface area contributed by atoms with Crippen molar-refractivity contribution >= 4 is 29.5 Å². The van der Waals surface area contributed by atoms with Gasteiger partial charge in [-0.05, 0) is 78.1 Å². The second kappa shape index (κ2) is 11.3. The van der Waals surface area contributed by atoms with Crippen LogP contribution >= 0.6 is 0 Å². The first-order chi connectivity index (χ1) is 20.2. The maximum atomic E-state index is 13.0. The highest BCUT2D eigenvalue weighted by Crippen LogP contribution is 2.26. The minimum atomic E-state index is -1.40. The number of imidazole rings is 1. The summed E-state index contributed by atoms with van der Waals surface area (Å²) >= 11 is 0. The van der Waals surface area contributed by atoms with Crippen molar-refractivity contribution in [1.29, 1.82) is 0 Å². The molecule has 1 atom stereocenters. The Bertz CT molecular complexity index is 1530. The number of carbonyl (C=O) groups is 4. The van der Waals surface area contributed by atoms with Crippen LogP contribution in [0.15, 0.2) is 48.8 Å². The number of carbonyl (C=O) groups excluding carboxylic acids is 4. The molecule has 1 saturated heterocycles. The third-order valence-electron chi connectivity index (χ3n) is 6.64. The minimum Gasteiger partial charge on any atom is -0.489 e. The monoisotopic (exact) mass is 592 g/mol. The molecular formula is C31H36N4O8. The van der Waals surface area contributed by atoms with E-state index < -0.39 is 35.1 Å². The Morgan fingerprint density at radius 3 is 2.14 bits per heavy atom. The zero-order chi connectivity index (χ0) is 31.1. The SMILES string of the molecule is CC(C)(C)OC(=O)C(COc1ccc2nc(CC3CN(C(=O)OC(C)(C)C)C3)cn2c1)ON1C(=O)c2ccccc2C1=O. The van der Waals surface area contributed by atoms with E-state index in [0.717, 1.165) is 5.69 Å². The largest absolute Gasteiger partial charge is 0.489 e. The highest BCUT2D eigenvalue weighted by molar-refractivity contribution is 6.20. The topological polar surface area (TPSA) is 129 Å². The summed E-state index contributed by atoms with van der Waals surface area (Å²) in [6.07, 6.45) is 2.60. The predicted octanol–water partition coefficient (Wildman–Crippen LogP) is 4.06. The van der Waals surface area contributed by atoms with Crippen molar-refractivity contribution in [3.63, 3.8) is 0 Å². The van der Waals surface area contributed by atoms with Crippen LogP contribution < -0.4 is 4.74 Å². The van der Waals surface area contributed by atoms with Gasteiger partial charge in [0.15, 0.2) is 0 Å². The zero-order valence-corrected chi connectivity index (χ0v) is 25.2. The number of hydroxylamine groups is 2. The van der Waals surface area contributed by atoms with E-state index in [1.165, 1.54) is 12.1 Å². The number of ether oxygens (including phenoxy) is 3. The molecule has 0 bridgehead atoms. The molecule has 43 heavy (non-hydrogen) atoms. The van der Waals surface area contributed by atoms with Gasteiger partial charge in [0.1, 0.15) is 29.2 Å². The Morgan fingerprint density at radius 1 is 0.907 bits per heavy atom. The maximum Gasteiger partial charge on any atom is 0.410 e. The average molecular weight is 593 g/mol. The number of aromatic nitrogens is 2. The van der Waals surface area contributed by atoms with Crippen molar-refractivity contribution in [3.05, 3.63) is 65.6 Å². The number of rotatable bonds is 8. The van der Waals surface area contributed by atoms with E-state index in [0.29, 0.717) is 36.0 Å². The van der Waals surface area contributed by atoms with Gasteiger partial charge < -0.3 is 23.5 Å². The summed E-state index contributed by atoms with van der Waals surface area (Å²) in [5.41, 5.74) is 0.590. The Labute approximate surface area is 249 Å². The third kappa shape index (κ3) is 6.96. The maximum absolute atomic E-state index is 13.0. The molecule has 3 aromatic rings. The summed E-state index contributed by atoms with van der Waals surface area (Å²) in [5, 5.41) is 0.582. The molecule has 0 saturated carbocycles. The van der Waals surface area contributed by atoms with Gasteiger partial charge in [0.2, 0.25) is 6.10 Å². The van der Waals surface area contributed by atoms with Crippen molar-refractivity contribution < 1.29 is 38.2 Å². The van der Waals surface area contributed by atoms with Crippen LogP contribution in [0.4, 0.5) is 4.79 Å². The summed E-state index contributed by atoms with van der Waals surface area (Å²) in [6.45, 7) is 11.5. The smallest absolute Gasteiger partial charge is 0.410 e. The van der Waals surface area contributed by atoms with E-state index in [1.807, 2.05) is 31.4 Å². The Morgan fingerprint density at radius 2 is 1.53 bits per heavy atom. The number of amides is 3. The number of pyridine rings is 1. The molecule has 2 aromatic heterocycles. The molecule has 2 aliphatic rings. The first-order valence-electron chi connectivity index (χ1n) is 14.1. The fourth-order valence-electron chi connectivity index (χ4n) is 4.75. The zero-order valence-electron chi connectivity index (χ0n) is 25.2. The summed E-state index contributed by atoms with van der Waals surface area (Å²) < 4.78 is 18.6. The van der Waals surface area contributed by atoms with Crippen LogP contribution in [0.2, 0.25) is 0 Å². The summed E-state index contributed by atoms with van der Waals surface area (Å²) in [6, 6.07) is 9.81. The van der Waals surface area contributed by atoms with Gasteiger partial charge in [-0.1, -0.05) is 12.1 Å². The second-order valence-corrected chi connectivity index (χ2v) is 12.7. The molecule has 0 radical (unpaired) electrons. The lowest BCUT2D eigenvalue weighted by molar-refractivity contribution is -0.193. The van der Waals surface area contributed by atoms with Crippen molar-refractivity contribution in [3.8, 4) is 5.75 Å². The number of nitrogens with zero attached hydrogens (tertiary/aromatic N) is 4. The molecule has 4 heterocycles. The molecule has 1 unspecified atom stereocenters. The molecule has 1 aromatic carbocycles. The summed E-state index contributed by atoms with van der Waals surface area (Å²) in [5.74, 6) is -1.42. The van der Waals surface area contributed by atoms with Crippen molar-refractivity contribution in [2.75, 3.05) is 19.7 Å². The highest BCUT2D eigenvalue weighted by Gasteiger charge is 2.41. The molecule has 0 spiro atoms. The number of esters is 1. The third-order valence-corrected chi connectivity index (χ3v) is 6.64. The Kier molecular flexibility index (Phi) is 7.91. The lowest BCUT2D eigenvalue weighted by Gasteiger charge is -2.39. The lowest BCUT2D eigenvalue weighted by Crippen LogP contribution is -2.52. The van der Waals surface area contributed by atoms with E-state index in [9.17, 15) is 19.2 Å². The minimum absolute atomic E-state index is 0.192. The van der Waals surface area contributed by atoms with Crippen molar-refractivity contribution in [2.24, 2.45) is 5.92 Å². The van der Waals surface area contributed by atoms with Crippen LogP contribution in [-0.4, -0.2) is 80.2 Å². The number of imide groups is 1. The molecule has 1 fully saturated rings. The average Bonchev–Trinajstić information content (AvgIpc) is 3.39. The molecule has 228 valence electrons. The van der Waals surface area contributed by atoms with Crippen molar-refractivity contribution in [2.45, 2.75) is 65.3 Å². The Hall–Kier alpha value is -4.45. The number of benzene rings is 1. The molecular weight excluding hydrogens is 556 g/mol. The second-order valence-electron chi connectivity index (χ2n) is 12.7. The van der Waals surface area contributed by atoms with Crippen LogP contribution in [0.25, 0.3) is 5.65 Å². The molecule has 2 aliphatic heterocycles. The molecule has 12 heteroatoms. The normalized spacial score (nSPS) is 16.2. The lowest BCUT2D eigenvalue weighted by atomic mass is 9.95. The van der Waals surface area contributed by atoms with Gasteiger partial charge in [-0.2, -0.15) is 0 Å². The van der Waals surface area contributed by atoms with Gasteiger partial charge in [0, 0.05) is 19.3 Å². The van der Waals surface area contributed by atoms with Gasteiger partial charge >= 0.3 is 12.1 Å². The molecule has 12 nitrogen and oxygen atoms in total. The van der Waals surface area contributed by atoms with E-state index in [2.05, 4.69) is 4.98 Å².